The molecule has 1 aromatic carbocycles. The Hall–Kier alpha value is -3.35. The largest absolute Gasteiger partial charge is 0.454 e. The van der Waals surface area contributed by atoms with Crippen molar-refractivity contribution < 1.29 is 14.3 Å². The third-order valence-corrected chi connectivity index (χ3v) is 5.45. The Morgan fingerprint density at radius 2 is 1.90 bits per heavy atom. The summed E-state index contributed by atoms with van der Waals surface area (Å²) in [6.07, 6.45) is 8.06. The molecule has 3 aromatic rings. The normalized spacial score (nSPS) is 14.5. The van der Waals surface area contributed by atoms with Crippen molar-refractivity contribution in [1.82, 2.24) is 20.1 Å². The van der Waals surface area contributed by atoms with Gasteiger partial charge in [0.25, 0.3) is 5.91 Å². The SMILES string of the molecule is O=C(NCCn1nc(-c2ccncc2)c2c1CCCC2)c1ccc2c(c1)OCO2. The molecule has 0 saturated heterocycles. The highest BCUT2D eigenvalue weighted by Gasteiger charge is 2.22. The van der Waals surface area contributed by atoms with E-state index in [9.17, 15) is 4.79 Å². The van der Waals surface area contributed by atoms with E-state index >= 15 is 0 Å². The summed E-state index contributed by atoms with van der Waals surface area (Å²) in [4.78, 5) is 16.6. The third kappa shape index (κ3) is 3.44. The number of hydrogen-bond donors (Lipinski definition) is 1. The number of carbonyl (C=O) groups excluding carboxylic acids is 1. The molecule has 5 rings (SSSR count). The molecule has 1 aliphatic heterocycles. The molecule has 0 radical (unpaired) electrons. The number of nitrogens with one attached hydrogen (secondary N) is 1. The highest BCUT2D eigenvalue weighted by molar-refractivity contribution is 5.94. The van der Waals surface area contributed by atoms with Gasteiger partial charge in [-0.3, -0.25) is 14.5 Å². The van der Waals surface area contributed by atoms with Gasteiger partial charge in [-0.25, -0.2) is 0 Å². The fraction of sp³-hybridized carbons (Fsp3) is 0.318. The zero-order valence-corrected chi connectivity index (χ0v) is 16.1. The topological polar surface area (TPSA) is 78.3 Å². The maximum atomic E-state index is 12.5. The zero-order valence-electron chi connectivity index (χ0n) is 16.1. The van der Waals surface area contributed by atoms with E-state index in [1.54, 1.807) is 30.6 Å². The predicted molar refractivity (Wildman–Crippen MR) is 107 cm³/mol. The molecular weight excluding hydrogens is 368 g/mol. The third-order valence-electron chi connectivity index (χ3n) is 5.45. The lowest BCUT2D eigenvalue weighted by atomic mass is 9.94. The van der Waals surface area contributed by atoms with Crippen LogP contribution in [0.3, 0.4) is 0 Å². The molecule has 0 atom stereocenters. The summed E-state index contributed by atoms with van der Waals surface area (Å²) in [6.45, 7) is 1.35. The number of benzene rings is 1. The minimum atomic E-state index is -0.126. The van der Waals surface area contributed by atoms with Gasteiger partial charge in [0.15, 0.2) is 11.5 Å². The van der Waals surface area contributed by atoms with Gasteiger partial charge in [-0.1, -0.05) is 0 Å². The maximum Gasteiger partial charge on any atom is 0.251 e. The van der Waals surface area contributed by atoms with Crippen LogP contribution in [-0.2, 0) is 19.4 Å². The predicted octanol–water partition coefficient (Wildman–Crippen LogP) is 2.98. The lowest BCUT2D eigenvalue weighted by molar-refractivity contribution is 0.0951. The number of pyridine rings is 1. The van der Waals surface area contributed by atoms with Gasteiger partial charge in [0.05, 0.1) is 12.2 Å². The minimum absolute atomic E-state index is 0.126. The molecule has 0 spiro atoms. The number of nitrogens with zero attached hydrogens (tertiary/aromatic N) is 3. The standard InChI is InChI=1S/C22H22N4O3/c27-22(16-5-6-19-20(13-16)29-14-28-19)24-11-12-26-18-4-2-1-3-17(18)21(25-26)15-7-9-23-10-8-15/h5-10,13H,1-4,11-12,14H2,(H,24,27). The van der Waals surface area contributed by atoms with Crippen LogP contribution in [-0.4, -0.2) is 34.0 Å². The van der Waals surface area contributed by atoms with Crippen LogP contribution in [0.15, 0.2) is 42.7 Å². The molecule has 0 unspecified atom stereocenters. The first-order valence-corrected chi connectivity index (χ1v) is 9.96. The quantitative estimate of drug-likeness (QED) is 0.725. The fourth-order valence-electron chi connectivity index (χ4n) is 4.01. The van der Waals surface area contributed by atoms with Crippen LogP contribution < -0.4 is 14.8 Å². The van der Waals surface area contributed by atoms with Gasteiger partial charge in [-0.2, -0.15) is 5.10 Å². The van der Waals surface area contributed by atoms with Gasteiger partial charge in [0.1, 0.15) is 0 Å². The molecule has 0 bridgehead atoms. The smallest absolute Gasteiger partial charge is 0.251 e. The van der Waals surface area contributed by atoms with Gasteiger partial charge in [-0.15, -0.1) is 0 Å². The average Bonchev–Trinajstić information content (AvgIpc) is 3.39. The molecule has 1 amide bonds. The van der Waals surface area contributed by atoms with Gasteiger partial charge in [0, 0.05) is 41.3 Å². The summed E-state index contributed by atoms with van der Waals surface area (Å²) in [5, 5.41) is 7.87. The fourth-order valence-corrected chi connectivity index (χ4v) is 4.01. The Morgan fingerprint density at radius 3 is 2.79 bits per heavy atom. The van der Waals surface area contributed by atoms with E-state index in [1.165, 1.54) is 24.1 Å². The van der Waals surface area contributed by atoms with Crippen LogP contribution >= 0.6 is 0 Å². The number of carbonyl (C=O) groups is 1. The zero-order chi connectivity index (χ0) is 19.6. The Kier molecular flexibility index (Phi) is 4.63. The second-order valence-corrected chi connectivity index (χ2v) is 7.26. The second kappa shape index (κ2) is 7.58. The van der Waals surface area contributed by atoms with Crippen molar-refractivity contribution in [2.75, 3.05) is 13.3 Å². The number of ether oxygens (including phenoxy) is 2. The first-order chi connectivity index (χ1) is 14.3. The van der Waals surface area contributed by atoms with Gasteiger partial charge >= 0.3 is 0 Å². The molecular formula is C22H22N4O3. The molecule has 1 aliphatic carbocycles. The first-order valence-electron chi connectivity index (χ1n) is 9.96. The van der Waals surface area contributed by atoms with Crippen LogP contribution in [0.4, 0.5) is 0 Å². The number of aromatic nitrogens is 3. The van der Waals surface area contributed by atoms with Crippen LogP contribution in [0.1, 0.15) is 34.5 Å². The first kappa shape index (κ1) is 17.7. The van der Waals surface area contributed by atoms with Crippen LogP contribution in [0, 0.1) is 0 Å². The molecule has 7 heteroatoms. The number of hydrogen-bond acceptors (Lipinski definition) is 5. The molecule has 0 fully saturated rings. The van der Waals surface area contributed by atoms with Crippen molar-refractivity contribution in [2.24, 2.45) is 0 Å². The molecule has 1 N–H and O–H groups in total. The van der Waals surface area contributed by atoms with Gasteiger partial charge in [-0.05, 0) is 56.0 Å². The summed E-state index contributed by atoms with van der Waals surface area (Å²) in [6, 6.07) is 9.24. The molecule has 7 nitrogen and oxygen atoms in total. The van der Waals surface area contributed by atoms with Crippen molar-refractivity contribution in [3.63, 3.8) is 0 Å². The van der Waals surface area contributed by atoms with E-state index < -0.39 is 0 Å². The van der Waals surface area contributed by atoms with Crippen LogP contribution in [0.5, 0.6) is 11.5 Å². The number of fused-ring (bicyclic) bond motifs is 2. The van der Waals surface area contributed by atoms with Crippen molar-refractivity contribution in [3.05, 3.63) is 59.5 Å². The van der Waals surface area contributed by atoms with Crippen molar-refractivity contribution >= 4 is 5.91 Å². The summed E-state index contributed by atoms with van der Waals surface area (Å²) < 4.78 is 12.7. The van der Waals surface area contributed by atoms with E-state index in [-0.39, 0.29) is 12.7 Å². The molecule has 2 aliphatic rings. The Balaban J connectivity index is 1.30. The summed E-state index contributed by atoms with van der Waals surface area (Å²) >= 11 is 0. The van der Waals surface area contributed by atoms with E-state index in [1.807, 2.05) is 12.1 Å². The Morgan fingerprint density at radius 1 is 1.07 bits per heavy atom. The molecule has 29 heavy (non-hydrogen) atoms. The monoisotopic (exact) mass is 390 g/mol. The molecule has 3 heterocycles. The lowest BCUT2D eigenvalue weighted by Gasteiger charge is -2.14. The van der Waals surface area contributed by atoms with E-state index in [4.69, 9.17) is 14.6 Å². The average molecular weight is 390 g/mol. The van der Waals surface area contributed by atoms with Gasteiger partial charge < -0.3 is 14.8 Å². The molecule has 148 valence electrons. The number of amides is 1. The lowest BCUT2D eigenvalue weighted by Crippen LogP contribution is -2.28. The van der Waals surface area contributed by atoms with E-state index in [0.717, 1.165) is 24.1 Å². The second-order valence-electron chi connectivity index (χ2n) is 7.26. The summed E-state index contributed by atoms with van der Waals surface area (Å²) in [7, 11) is 0. The molecule has 0 saturated carbocycles. The van der Waals surface area contributed by atoms with Crippen molar-refractivity contribution in [1.29, 1.82) is 0 Å². The van der Waals surface area contributed by atoms with Crippen molar-refractivity contribution in [3.8, 4) is 22.8 Å². The number of rotatable bonds is 5. The molecule has 2 aromatic heterocycles. The van der Waals surface area contributed by atoms with E-state index in [0.29, 0.717) is 30.2 Å². The summed E-state index contributed by atoms with van der Waals surface area (Å²) in [5.41, 5.74) is 5.34. The van der Waals surface area contributed by atoms with Crippen LogP contribution in [0.2, 0.25) is 0 Å². The van der Waals surface area contributed by atoms with Crippen molar-refractivity contribution in [2.45, 2.75) is 32.2 Å². The highest BCUT2D eigenvalue weighted by Crippen LogP contribution is 2.33. The Labute approximate surface area is 168 Å². The Bertz CT molecular complexity index is 1050. The minimum Gasteiger partial charge on any atom is -0.454 e. The van der Waals surface area contributed by atoms with E-state index in [2.05, 4.69) is 15.0 Å². The summed E-state index contributed by atoms with van der Waals surface area (Å²) in [5.74, 6) is 1.16. The van der Waals surface area contributed by atoms with Gasteiger partial charge in [0.2, 0.25) is 6.79 Å². The highest BCUT2D eigenvalue weighted by atomic mass is 16.7. The van der Waals surface area contributed by atoms with Crippen LogP contribution in [0.25, 0.3) is 11.3 Å². The maximum absolute atomic E-state index is 12.5.